The molecule has 0 saturated heterocycles. The zero-order valence-electron chi connectivity index (χ0n) is 21.0. The molecule has 6 rings (SSSR count). The molecular formula is C35H27BClN. The van der Waals surface area contributed by atoms with Crippen LogP contribution in [0.1, 0.15) is 12.0 Å². The third-order valence-electron chi connectivity index (χ3n) is 7.00. The molecule has 0 unspecified atom stereocenters. The van der Waals surface area contributed by atoms with Crippen LogP contribution in [0.25, 0.3) is 27.7 Å². The van der Waals surface area contributed by atoms with Gasteiger partial charge in [0.15, 0.2) is 0 Å². The molecule has 0 aliphatic carbocycles. The monoisotopic (exact) mass is 507 g/mol. The van der Waals surface area contributed by atoms with Crippen molar-refractivity contribution in [3.63, 3.8) is 0 Å². The lowest BCUT2D eigenvalue weighted by atomic mass is 9.62. The molecular weight excluding hydrogens is 481 g/mol. The van der Waals surface area contributed by atoms with Crippen LogP contribution in [0.2, 0.25) is 0 Å². The Morgan fingerprint density at radius 3 is 1.53 bits per heavy atom. The predicted molar refractivity (Wildman–Crippen MR) is 165 cm³/mol. The minimum absolute atomic E-state index is 0.146. The minimum Gasteiger partial charge on any atom is -0.310 e. The van der Waals surface area contributed by atoms with Crippen molar-refractivity contribution in [3.8, 4) is 22.3 Å². The summed E-state index contributed by atoms with van der Waals surface area (Å²) in [5.74, 6) is 2.08. The molecule has 0 fully saturated rings. The summed E-state index contributed by atoms with van der Waals surface area (Å²) in [6.07, 6.45) is 5.12. The van der Waals surface area contributed by atoms with Crippen LogP contribution in [-0.4, -0.2) is 6.13 Å². The number of hydrogen-bond donors (Lipinski definition) is 0. The predicted octanol–water partition coefficient (Wildman–Crippen LogP) is 10.1. The van der Waals surface area contributed by atoms with E-state index in [2.05, 4.69) is 156 Å². The molecule has 0 amide bonds. The van der Waals surface area contributed by atoms with E-state index in [1.807, 2.05) is 0 Å². The molecule has 182 valence electrons. The average Bonchev–Trinajstić information content (AvgIpc) is 3.00. The van der Waals surface area contributed by atoms with Gasteiger partial charge in [0.1, 0.15) is 0 Å². The third-order valence-corrected chi connectivity index (χ3v) is 7.38. The normalized spacial score (nSPS) is 12.8. The molecule has 1 heterocycles. The van der Waals surface area contributed by atoms with Crippen LogP contribution in [0.4, 0.5) is 17.1 Å². The molecule has 5 aromatic carbocycles. The Kier molecular flexibility index (Phi) is 6.98. The number of allylic oxidation sites excluding steroid dienone is 2. The summed E-state index contributed by atoms with van der Waals surface area (Å²) in [6, 6.07) is 47.2. The zero-order chi connectivity index (χ0) is 25.7. The molecule has 1 aliphatic rings. The number of halogens is 1. The summed E-state index contributed by atoms with van der Waals surface area (Å²) in [7, 11) is 0. The highest BCUT2D eigenvalue weighted by atomic mass is 35.5. The van der Waals surface area contributed by atoms with E-state index in [0.717, 1.165) is 34.5 Å². The standard InChI is InChI=1S/C35H27BClN/c37-36-26-10-9-16-34(36)33-15-7-8-17-35(33)38(31-22-18-29(19-23-31)27-11-3-1-4-12-27)32-24-20-30(21-25-32)28-13-5-2-6-14-28/h1-8,10-26H,9H2. The van der Waals surface area contributed by atoms with Crippen LogP contribution < -0.4 is 4.90 Å². The van der Waals surface area contributed by atoms with E-state index in [1.165, 1.54) is 22.3 Å². The third kappa shape index (κ3) is 4.96. The van der Waals surface area contributed by atoms with Gasteiger partial charge in [0.05, 0.1) is 5.69 Å². The average molecular weight is 508 g/mol. The molecule has 0 saturated carbocycles. The number of hydrogen-bond acceptors (Lipinski definition) is 1. The van der Waals surface area contributed by atoms with E-state index < -0.39 is 0 Å². The minimum atomic E-state index is -0.146. The van der Waals surface area contributed by atoms with Crippen molar-refractivity contribution in [1.82, 2.24) is 0 Å². The molecule has 0 N–H and O–H groups in total. The highest BCUT2D eigenvalue weighted by molar-refractivity contribution is 7.20. The van der Waals surface area contributed by atoms with Gasteiger partial charge in [-0.3, -0.25) is 0 Å². The molecule has 1 aliphatic heterocycles. The Morgan fingerprint density at radius 2 is 1.00 bits per heavy atom. The first-order valence-corrected chi connectivity index (χ1v) is 13.4. The van der Waals surface area contributed by atoms with Crippen molar-refractivity contribution in [1.29, 1.82) is 0 Å². The van der Waals surface area contributed by atoms with Crippen LogP contribution in [0, 0.1) is 0 Å². The molecule has 0 spiro atoms. The smallest absolute Gasteiger partial charge is 0.308 e. The molecule has 0 atom stereocenters. The van der Waals surface area contributed by atoms with Gasteiger partial charge >= 0.3 is 6.13 Å². The van der Waals surface area contributed by atoms with Crippen molar-refractivity contribution in [3.05, 3.63) is 157 Å². The maximum Gasteiger partial charge on any atom is 0.308 e. The zero-order valence-corrected chi connectivity index (χ0v) is 21.8. The summed E-state index contributed by atoms with van der Waals surface area (Å²) < 4.78 is 0. The van der Waals surface area contributed by atoms with Gasteiger partial charge in [-0.25, -0.2) is 0 Å². The van der Waals surface area contributed by atoms with Gasteiger partial charge in [-0.1, -0.05) is 127 Å². The van der Waals surface area contributed by atoms with E-state index in [0.29, 0.717) is 0 Å². The van der Waals surface area contributed by atoms with Crippen LogP contribution in [-0.2, 0) is 0 Å². The molecule has 0 aromatic heterocycles. The lowest BCUT2D eigenvalue weighted by Gasteiger charge is -2.29. The van der Waals surface area contributed by atoms with Crippen molar-refractivity contribution in [2.75, 3.05) is 4.90 Å². The Bertz CT molecular complexity index is 1490. The summed E-state index contributed by atoms with van der Waals surface area (Å²) >= 11 is 6.79. The topological polar surface area (TPSA) is 3.24 Å². The van der Waals surface area contributed by atoms with Crippen LogP contribution in [0.15, 0.2) is 152 Å². The second-order valence-electron chi connectivity index (χ2n) is 9.40. The molecule has 38 heavy (non-hydrogen) atoms. The highest BCUT2D eigenvalue weighted by Crippen LogP contribution is 2.41. The Labute approximate surface area is 230 Å². The van der Waals surface area contributed by atoms with Crippen molar-refractivity contribution in [2.24, 2.45) is 0 Å². The number of rotatable bonds is 6. The summed E-state index contributed by atoms with van der Waals surface area (Å²) in [6.45, 7) is 0. The van der Waals surface area contributed by atoms with E-state index >= 15 is 0 Å². The van der Waals surface area contributed by atoms with Crippen LogP contribution in [0.5, 0.6) is 0 Å². The van der Waals surface area contributed by atoms with Gasteiger partial charge in [-0.05, 0) is 64.6 Å². The fourth-order valence-electron chi connectivity index (χ4n) is 5.07. The SMILES string of the molecule is ClB1C=CCC=C1c1ccccc1N(c1ccc(-c2ccccc2)cc1)c1ccc(-c2ccccc2)cc1. The van der Waals surface area contributed by atoms with Gasteiger partial charge in [0, 0.05) is 11.4 Å². The van der Waals surface area contributed by atoms with Crippen LogP contribution in [0.3, 0.4) is 0 Å². The van der Waals surface area contributed by atoms with Gasteiger partial charge in [-0.15, -0.1) is 0 Å². The number of nitrogens with zero attached hydrogens (tertiary/aromatic N) is 1. The first kappa shape index (κ1) is 24.1. The fourth-order valence-corrected chi connectivity index (χ4v) is 5.38. The molecule has 0 bridgehead atoms. The van der Waals surface area contributed by atoms with Crippen LogP contribution >= 0.6 is 11.5 Å². The van der Waals surface area contributed by atoms with Gasteiger partial charge < -0.3 is 4.90 Å². The quantitative estimate of drug-likeness (QED) is 0.207. The Hall–Kier alpha value is -4.27. The van der Waals surface area contributed by atoms with E-state index in [9.17, 15) is 0 Å². The lowest BCUT2D eigenvalue weighted by molar-refractivity contribution is 1.27. The largest absolute Gasteiger partial charge is 0.310 e. The van der Waals surface area contributed by atoms with Crippen molar-refractivity contribution >= 4 is 40.1 Å². The Balaban J connectivity index is 1.46. The maximum absolute atomic E-state index is 6.79. The summed E-state index contributed by atoms with van der Waals surface area (Å²) in [5, 5.41) is 0. The summed E-state index contributed by atoms with van der Waals surface area (Å²) in [5.41, 5.74) is 10.4. The number of anilines is 3. The van der Waals surface area contributed by atoms with E-state index in [1.54, 1.807) is 0 Å². The highest BCUT2D eigenvalue weighted by Gasteiger charge is 2.23. The van der Waals surface area contributed by atoms with E-state index in [-0.39, 0.29) is 6.13 Å². The van der Waals surface area contributed by atoms with Gasteiger partial charge in [0.2, 0.25) is 0 Å². The molecule has 0 radical (unpaired) electrons. The van der Waals surface area contributed by atoms with Crippen molar-refractivity contribution in [2.45, 2.75) is 6.42 Å². The molecule has 1 nitrogen and oxygen atoms in total. The second-order valence-corrected chi connectivity index (χ2v) is 9.87. The second kappa shape index (κ2) is 11.0. The first-order valence-electron chi connectivity index (χ1n) is 13.0. The van der Waals surface area contributed by atoms with E-state index in [4.69, 9.17) is 11.5 Å². The lowest BCUT2D eigenvalue weighted by Crippen LogP contribution is -2.15. The van der Waals surface area contributed by atoms with Gasteiger partial charge in [-0.2, -0.15) is 11.5 Å². The van der Waals surface area contributed by atoms with Gasteiger partial charge in [0.25, 0.3) is 0 Å². The molecule has 5 aromatic rings. The van der Waals surface area contributed by atoms with Crippen molar-refractivity contribution < 1.29 is 0 Å². The first-order chi connectivity index (χ1) is 18.8. The Morgan fingerprint density at radius 1 is 0.526 bits per heavy atom. The number of benzene rings is 5. The summed E-state index contributed by atoms with van der Waals surface area (Å²) in [4.78, 5) is 2.33. The maximum atomic E-state index is 6.79. The molecule has 3 heteroatoms. The number of para-hydroxylation sites is 1. The fraction of sp³-hybridized carbons (Fsp3) is 0.0286.